The smallest absolute Gasteiger partial charge is 0.337 e. The quantitative estimate of drug-likeness (QED) is 0.619. The molecule has 3 amide bonds. The molecule has 0 saturated carbocycles. The highest BCUT2D eigenvalue weighted by Crippen LogP contribution is 2.40. The van der Waals surface area contributed by atoms with Crippen LogP contribution in [0.15, 0.2) is 53.1 Å². The van der Waals surface area contributed by atoms with Crippen LogP contribution < -0.4 is 5.32 Å². The molecule has 1 aliphatic heterocycles. The summed E-state index contributed by atoms with van der Waals surface area (Å²) < 4.78 is 43.4. The molecule has 2 heterocycles. The molecular weight excluding hydrogens is 425 g/mol. The number of amides is 3. The van der Waals surface area contributed by atoms with Gasteiger partial charge in [0.1, 0.15) is 12.1 Å². The Balaban J connectivity index is 1.38. The Hall–Kier alpha value is -3.69. The van der Waals surface area contributed by atoms with Crippen molar-refractivity contribution < 1.29 is 27.3 Å². The van der Waals surface area contributed by atoms with Crippen molar-refractivity contribution in [1.29, 1.82) is 0 Å². The van der Waals surface area contributed by atoms with E-state index in [-0.39, 0.29) is 24.2 Å². The van der Waals surface area contributed by atoms with Crippen LogP contribution in [0.1, 0.15) is 35.4 Å². The standard InChI is InChI=1S/C22H17F3N4O3/c23-22(24,25)15-9-7-14(8-10-15)18-26-17(32-28-18)12-29-19(30)21(27-20(29)31)11-3-5-13-4-1-2-6-16(13)21/h1-2,4,6-10H,3,5,11-12H2,(H,27,31). The molecule has 3 aromatic rings. The lowest BCUT2D eigenvalue weighted by atomic mass is 9.76. The number of hydrogen-bond acceptors (Lipinski definition) is 5. The van der Waals surface area contributed by atoms with Gasteiger partial charge in [-0.2, -0.15) is 18.2 Å². The summed E-state index contributed by atoms with van der Waals surface area (Å²) in [5.74, 6) is -0.313. The molecule has 10 heteroatoms. The summed E-state index contributed by atoms with van der Waals surface area (Å²) >= 11 is 0. The summed E-state index contributed by atoms with van der Waals surface area (Å²) in [5, 5.41) is 6.62. The SMILES string of the molecule is O=C1NC2(CCCc3ccccc32)C(=O)N1Cc1nc(-c2ccc(C(F)(F)F)cc2)no1. The normalized spacial score (nSPS) is 20.5. The molecule has 1 aliphatic carbocycles. The molecule has 1 unspecified atom stereocenters. The van der Waals surface area contributed by atoms with Crippen molar-refractivity contribution in [2.45, 2.75) is 37.5 Å². The third-order valence-electron chi connectivity index (χ3n) is 5.88. The first-order valence-electron chi connectivity index (χ1n) is 10.0. The van der Waals surface area contributed by atoms with E-state index in [1.54, 1.807) is 0 Å². The van der Waals surface area contributed by atoms with Crippen LogP contribution in [0.3, 0.4) is 0 Å². The number of halogens is 3. The van der Waals surface area contributed by atoms with Crippen molar-refractivity contribution in [2.75, 3.05) is 0 Å². The Labute approximate surface area is 180 Å². The fourth-order valence-electron chi connectivity index (χ4n) is 4.33. The number of carbonyl (C=O) groups excluding carboxylic acids is 2. The Bertz CT molecular complexity index is 1210. The number of rotatable bonds is 3. The molecule has 1 saturated heterocycles. The van der Waals surface area contributed by atoms with Crippen LogP contribution in [0, 0.1) is 0 Å². The average molecular weight is 442 g/mol. The summed E-state index contributed by atoms with van der Waals surface area (Å²) in [7, 11) is 0. The number of fused-ring (bicyclic) bond motifs is 2. The molecule has 164 valence electrons. The monoisotopic (exact) mass is 442 g/mol. The first-order chi connectivity index (χ1) is 15.3. The second-order valence-corrected chi connectivity index (χ2v) is 7.82. The number of nitrogens with zero attached hydrogens (tertiary/aromatic N) is 3. The zero-order valence-corrected chi connectivity index (χ0v) is 16.6. The molecule has 5 rings (SSSR count). The average Bonchev–Trinajstić information content (AvgIpc) is 3.33. The summed E-state index contributed by atoms with van der Waals surface area (Å²) in [6, 6.07) is 11.3. The van der Waals surface area contributed by atoms with Crippen molar-refractivity contribution >= 4 is 11.9 Å². The van der Waals surface area contributed by atoms with Gasteiger partial charge >= 0.3 is 12.2 Å². The van der Waals surface area contributed by atoms with Gasteiger partial charge in [0.05, 0.1) is 5.56 Å². The third kappa shape index (κ3) is 3.22. The highest BCUT2D eigenvalue weighted by molar-refractivity contribution is 6.07. The number of carbonyl (C=O) groups is 2. The first kappa shape index (κ1) is 20.2. The lowest BCUT2D eigenvalue weighted by Crippen LogP contribution is -2.46. The van der Waals surface area contributed by atoms with E-state index in [1.165, 1.54) is 12.1 Å². The predicted octanol–water partition coefficient (Wildman–Crippen LogP) is 4.04. The van der Waals surface area contributed by atoms with Crippen LogP contribution in [-0.2, 0) is 29.5 Å². The largest absolute Gasteiger partial charge is 0.416 e. The number of aryl methyl sites for hydroxylation is 1. The summed E-state index contributed by atoms with van der Waals surface area (Å²) in [6.07, 6.45) is -2.36. The van der Waals surface area contributed by atoms with E-state index in [0.29, 0.717) is 12.0 Å². The van der Waals surface area contributed by atoms with Gasteiger partial charge < -0.3 is 9.84 Å². The molecular formula is C22H17F3N4O3. The summed E-state index contributed by atoms with van der Waals surface area (Å²) in [4.78, 5) is 31.2. The van der Waals surface area contributed by atoms with Crippen molar-refractivity contribution in [2.24, 2.45) is 0 Å². The van der Waals surface area contributed by atoms with Gasteiger partial charge in [0.2, 0.25) is 11.7 Å². The highest BCUT2D eigenvalue weighted by atomic mass is 19.4. The fourth-order valence-corrected chi connectivity index (χ4v) is 4.33. The van der Waals surface area contributed by atoms with E-state index >= 15 is 0 Å². The van der Waals surface area contributed by atoms with Crippen LogP contribution in [-0.4, -0.2) is 27.0 Å². The van der Waals surface area contributed by atoms with E-state index in [0.717, 1.165) is 41.0 Å². The highest BCUT2D eigenvalue weighted by Gasteiger charge is 2.54. The van der Waals surface area contributed by atoms with E-state index in [9.17, 15) is 22.8 Å². The zero-order chi connectivity index (χ0) is 22.5. The minimum absolute atomic E-state index is 0.00421. The van der Waals surface area contributed by atoms with Gasteiger partial charge in [-0.05, 0) is 42.5 Å². The minimum atomic E-state index is -4.45. The topological polar surface area (TPSA) is 88.3 Å². The molecule has 2 aromatic carbocycles. The lowest BCUT2D eigenvalue weighted by molar-refractivity contribution is -0.137. The van der Waals surface area contributed by atoms with Gasteiger partial charge in [-0.25, -0.2) is 4.79 Å². The van der Waals surface area contributed by atoms with E-state index < -0.39 is 23.3 Å². The third-order valence-corrected chi connectivity index (χ3v) is 5.88. The molecule has 7 nitrogen and oxygen atoms in total. The fraction of sp³-hybridized carbons (Fsp3) is 0.273. The van der Waals surface area contributed by atoms with Crippen molar-refractivity contribution in [3.05, 3.63) is 71.1 Å². The molecule has 1 N–H and O–H groups in total. The van der Waals surface area contributed by atoms with Crippen LogP contribution in [0.2, 0.25) is 0 Å². The van der Waals surface area contributed by atoms with Crippen molar-refractivity contribution in [3.8, 4) is 11.4 Å². The maximum atomic E-state index is 13.3. The number of imide groups is 1. The Morgan fingerprint density at radius 2 is 1.84 bits per heavy atom. The molecule has 0 radical (unpaired) electrons. The van der Waals surface area contributed by atoms with Crippen LogP contribution >= 0.6 is 0 Å². The number of hydrogen-bond donors (Lipinski definition) is 1. The van der Waals surface area contributed by atoms with Crippen molar-refractivity contribution in [3.63, 3.8) is 0 Å². The van der Waals surface area contributed by atoms with Crippen LogP contribution in [0.25, 0.3) is 11.4 Å². The summed E-state index contributed by atoms with van der Waals surface area (Å²) in [5.41, 5.74) is 0.243. The number of nitrogens with one attached hydrogen (secondary N) is 1. The van der Waals surface area contributed by atoms with Crippen molar-refractivity contribution in [1.82, 2.24) is 20.4 Å². The lowest BCUT2D eigenvalue weighted by Gasteiger charge is -2.33. The Morgan fingerprint density at radius 3 is 2.59 bits per heavy atom. The minimum Gasteiger partial charge on any atom is -0.337 e. The Kier molecular flexibility index (Phi) is 4.54. The maximum absolute atomic E-state index is 13.3. The molecule has 1 aromatic heterocycles. The van der Waals surface area contributed by atoms with Crippen LogP contribution in [0.4, 0.5) is 18.0 Å². The van der Waals surface area contributed by atoms with E-state index in [4.69, 9.17) is 4.52 Å². The molecule has 1 spiro atoms. The van der Waals surface area contributed by atoms with Gasteiger partial charge in [-0.15, -0.1) is 0 Å². The molecule has 1 fully saturated rings. The molecule has 0 bridgehead atoms. The zero-order valence-electron chi connectivity index (χ0n) is 16.6. The molecule has 1 atom stereocenters. The number of alkyl halides is 3. The first-order valence-corrected chi connectivity index (χ1v) is 10.0. The number of benzene rings is 2. The Morgan fingerprint density at radius 1 is 1.09 bits per heavy atom. The second kappa shape index (κ2) is 7.18. The van der Waals surface area contributed by atoms with Gasteiger partial charge in [0.15, 0.2) is 0 Å². The summed E-state index contributed by atoms with van der Waals surface area (Å²) in [6.45, 7) is -0.234. The van der Waals surface area contributed by atoms with Gasteiger partial charge in [0, 0.05) is 5.56 Å². The molecule has 2 aliphatic rings. The second-order valence-electron chi connectivity index (χ2n) is 7.82. The number of urea groups is 1. The van der Waals surface area contributed by atoms with Gasteiger partial charge in [0.25, 0.3) is 5.91 Å². The number of aromatic nitrogens is 2. The predicted molar refractivity (Wildman–Crippen MR) is 105 cm³/mol. The molecule has 32 heavy (non-hydrogen) atoms. The van der Waals surface area contributed by atoms with Gasteiger partial charge in [-0.3, -0.25) is 9.69 Å². The van der Waals surface area contributed by atoms with Gasteiger partial charge in [-0.1, -0.05) is 41.6 Å². The van der Waals surface area contributed by atoms with Crippen LogP contribution in [0.5, 0.6) is 0 Å². The van der Waals surface area contributed by atoms with E-state index in [1.807, 2.05) is 24.3 Å². The maximum Gasteiger partial charge on any atom is 0.416 e. The van der Waals surface area contributed by atoms with E-state index in [2.05, 4.69) is 15.5 Å².